The van der Waals surface area contributed by atoms with E-state index in [1.54, 1.807) is 6.20 Å². The molecule has 1 aliphatic heterocycles. The van der Waals surface area contributed by atoms with Crippen LogP contribution >= 0.6 is 0 Å². The van der Waals surface area contributed by atoms with Crippen molar-refractivity contribution in [2.24, 2.45) is 11.3 Å². The lowest BCUT2D eigenvalue weighted by Gasteiger charge is -2.54. The molecule has 2 rings (SSSR count). The van der Waals surface area contributed by atoms with Crippen LogP contribution in [0.1, 0.15) is 105 Å². The molecule has 0 saturated carbocycles. The summed E-state index contributed by atoms with van der Waals surface area (Å²) in [5, 5.41) is 12.4. The van der Waals surface area contributed by atoms with Gasteiger partial charge in [0.25, 0.3) is 0 Å². The first-order chi connectivity index (χ1) is 12.9. The van der Waals surface area contributed by atoms with Crippen molar-refractivity contribution in [1.82, 2.24) is 20.3 Å². The van der Waals surface area contributed by atoms with Crippen molar-refractivity contribution in [1.29, 1.82) is 0 Å². The van der Waals surface area contributed by atoms with E-state index in [0.717, 1.165) is 18.8 Å². The van der Waals surface area contributed by atoms with Gasteiger partial charge in [-0.25, -0.2) is 0 Å². The fraction of sp³-hybridized carbons (Fsp3) is 0.870. The molecule has 1 aliphatic rings. The Bertz CT molecular complexity index is 524. The first kappa shape index (κ1) is 22.3. The second-order valence-electron chi connectivity index (χ2n) is 9.30. The maximum absolute atomic E-state index is 4.50. The van der Waals surface area contributed by atoms with Crippen molar-refractivity contribution in [2.75, 3.05) is 13.1 Å². The molecule has 0 aromatic carbocycles. The van der Waals surface area contributed by atoms with Crippen LogP contribution in [0.2, 0.25) is 0 Å². The molecular weight excluding hydrogens is 332 g/mol. The Hall–Kier alpha value is -1.03. The fourth-order valence-corrected chi connectivity index (χ4v) is 4.81. The van der Waals surface area contributed by atoms with Crippen LogP contribution in [0.5, 0.6) is 0 Å². The first-order valence-corrected chi connectivity index (χ1v) is 11.3. The number of piperidine rings is 1. The number of rotatable bonds is 11. The van der Waals surface area contributed by atoms with Crippen LogP contribution in [0.15, 0.2) is 12.3 Å². The second-order valence-corrected chi connectivity index (χ2v) is 9.30. The lowest BCUT2D eigenvalue weighted by molar-refractivity contribution is -0.0558. The molecule has 154 valence electrons. The van der Waals surface area contributed by atoms with E-state index >= 15 is 0 Å². The lowest BCUT2D eigenvalue weighted by atomic mass is 9.62. The molecule has 1 fully saturated rings. The third-order valence-corrected chi connectivity index (χ3v) is 7.47. The van der Waals surface area contributed by atoms with E-state index in [-0.39, 0.29) is 11.0 Å². The molecule has 0 spiro atoms. The summed E-state index contributed by atoms with van der Waals surface area (Å²) in [5.74, 6) is 0.630. The number of aromatic nitrogens is 3. The summed E-state index contributed by atoms with van der Waals surface area (Å²) in [5.41, 5.74) is 1.09. The molecule has 27 heavy (non-hydrogen) atoms. The first-order valence-electron chi connectivity index (χ1n) is 11.3. The van der Waals surface area contributed by atoms with E-state index in [4.69, 9.17) is 0 Å². The van der Waals surface area contributed by atoms with Crippen molar-refractivity contribution in [3.63, 3.8) is 0 Å². The van der Waals surface area contributed by atoms with Crippen molar-refractivity contribution >= 4 is 0 Å². The maximum atomic E-state index is 4.50. The average Bonchev–Trinajstić information content (AvgIpc) is 2.71. The Kier molecular flexibility index (Phi) is 8.65. The molecule has 2 unspecified atom stereocenters. The van der Waals surface area contributed by atoms with Gasteiger partial charge in [0.05, 0.1) is 17.4 Å². The summed E-state index contributed by atoms with van der Waals surface area (Å²) in [4.78, 5) is 2.68. The van der Waals surface area contributed by atoms with Crippen LogP contribution in [-0.2, 0) is 5.54 Å². The highest BCUT2D eigenvalue weighted by atomic mass is 15.3. The Morgan fingerprint density at radius 1 is 1.00 bits per heavy atom. The van der Waals surface area contributed by atoms with E-state index in [9.17, 15) is 0 Å². The van der Waals surface area contributed by atoms with Crippen LogP contribution in [0.25, 0.3) is 0 Å². The van der Waals surface area contributed by atoms with Gasteiger partial charge < -0.3 is 0 Å². The predicted octanol–water partition coefficient (Wildman–Crippen LogP) is 5.99. The van der Waals surface area contributed by atoms with Gasteiger partial charge in [0.2, 0.25) is 0 Å². The summed E-state index contributed by atoms with van der Waals surface area (Å²) >= 11 is 0. The van der Waals surface area contributed by atoms with Gasteiger partial charge >= 0.3 is 0 Å². The Morgan fingerprint density at radius 3 is 2.30 bits per heavy atom. The maximum Gasteiger partial charge on any atom is 0.0870 e. The minimum Gasteiger partial charge on any atom is -0.292 e. The van der Waals surface area contributed by atoms with Crippen LogP contribution in [-0.4, -0.2) is 33.4 Å². The topological polar surface area (TPSA) is 41.9 Å². The molecule has 2 atom stereocenters. The van der Waals surface area contributed by atoms with E-state index in [0.29, 0.717) is 5.92 Å². The molecule has 1 aromatic rings. The second kappa shape index (κ2) is 10.5. The summed E-state index contributed by atoms with van der Waals surface area (Å²) < 4.78 is 0. The molecule has 0 N–H and O–H groups in total. The van der Waals surface area contributed by atoms with Gasteiger partial charge in [0.1, 0.15) is 0 Å². The lowest BCUT2D eigenvalue weighted by Crippen LogP contribution is -2.57. The molecule has 4 nitrogen and oxygen atoms in total. The highest BCUT2D eigenvalue weighted by Crippen LogP contribution is 2.50. The Labute approximate surface area is 167 Å². The average molecular weight is 375 g/mol. The standard InChI is InChI=1S/C23H42N4/c1-6-7-8-9-10-12-15-20(2)22(3,4)23(5,21-16-17-24-26-25-21)27-18-13-11-14-19-27/h16-17,20H,6-15,18-19H2,1-5H3. The number of hydrogen-bond acceptors (Lipinski definition) is 4. The number of hydrogen-bond donors (Lipinski definition) is 0. The third-order valence-electron chi connectivity index (χ3n) is 7.47. The molecule has 0 bridgehead atoms. The van der Waals surface area contributed by atoms with Crippen LogP contribution < -0.4 is 0 Å². The number of nitrogens with zero attached hydrogens (tertiary/aromatic N) is 4. The summed E-state index contributed by atoms with van der Waals surface area (Å²) in [6.45, 7) is 14.4. The number of likely N-dealkylation sites (tertiary alicyclic amines) is 1. The highest BCUT2D eigenvalue weighted by Gasteiger charge is 2.50. The number of unbranched alkanes of at least 4 members (excludes halogenated alkanes) is 5. The normalized spacial score (nSPS) is 19.6. The minimum atomic E-state index is -0.106. The highest BCUT2D eigenvalue weighted by molar-refractivity contribution is 5.18. The molecule has 0 amide bonds. The van der Waals surface area contributed by atoms with E-state index < -0.39 is 0 Å². The largest absolute Gasteiger partial charge is 0.292 e. The van der Waals surface area contributed by atoms with Crippen molar-refractivity contribution < 1.29 is 0 Å². The van der Waals surface area contributed by atoms with Gasteiger partial charge in [-0.05, 0) is 55.5 Å². The quantitative estimate of drug-likeness (QED) is 0.446. The van der Waals surface area contributed by atoms with Gasteiger partial charge in [-0.1, -0.05) is 79.1 Å². The summed E-state index contributed by atoms with van der Waals surface area (Å²) in [6, 6.07) is 2.08. The zero-order valence-electron chi connectivity index (χ0n) is 18.5. The summed E-state index contributed by atoms with van der Waals surface area (Å²) in [6.07, 6.45) is 15.2. The van der Waals surface area contributed by atoms with Gasteiger partial charge in [0.15, 0.2) is 0 Å². The molecule has 4 heteroatoms. The van der Waals surface area contributed by atoms with E-state index in [1.807, 2.05) is 0 Å². The fourth-order valence-electron chi connectivity index (χ4n) is 4.81. The Morgan fingerprint density at radius 2 is 1.67 bits per heavy atom. The van der Waals surface area contributed by atoms with Gasteiger partial charge in [-0.15, -0.1) is 10.2 Å². The molecule has 0 aliphatic carbocycles. The monoisotopic (exact) mass is 374 g/mol. The minimum absolute atomic E-state index is 0.106. The van der Waals surface area contributed by atoms with E-state index in [1.165, 1.54) is 64.2 Å². The zero-order chi connectivity index (χ0) is 19.8. The molecule has 1 saturated heterocycles. The van der Waals surface area contributed by atoms with Crippen molar-refractivity contribution in [3.05, 3.63) is 18.0 Å². The third kappa shape index (κ3) is 5.28. The van der Waals surface area contributed by atoms with Crippen LogP contribution in [0.4, 0.5) is 0 Å². The summed E-state index contributed by atoms with van der Waals surface area (Å²) in [7, 11) is 0. The predicted molar refractivity (Wildman–Crippen MR) is 114 cm³/mol. The molecule has 1 aromatic heterocycles. The molecule has 0 radical (unpaired) electrons. The van der Waals surface area contributed by atoms with Gasteiger partial charge in [0, 0.05) is 0 Å². The SMILES string of the molecule is CCCCCCCCC(C)C(C)(C)C(C)(c1ccnnn1)N1CCCCC1. The molecule has 2 heterocycles. The van der Waals surface area contributed by atoms with Crippen molar-refractivity contribution in [3.8, 4) is 0 Å². The van der Waals surface area contributed by atoms with Gasteiger partial charge in [-0.2, -0.15) is 0 Å². The van der Waals surface area contributed by atoms with E-state index in [2.05, 4.69) is 61.0 Å². The zero-order valence-corrected chi connectivity index (χ0v) is 18.5. The van der Waals surface area contributed by atoms with Crippen LogP contribution in [0.3, 0.4) is 0 Å². The molecular formula is C23H42N4. The smallest absolute Gasteiger partial charge is 0.0870 e. The van der Waals surface area contributed by atoms with Crippen LogP contribution in [0, 0.1) is 11.3 Å². The Balaban J connectivity index is 2.12. The van der Waals surface area contributed by atoms with Crippen molar-refractivity contribution in [2.45, 2.75) is 104 Å². The van der Waals surface area contributed by atoms with Gasteiger partial charge in [-0.3, -0.25) is 4.90 Å².